The zero-order valence-electron chi connectivity index (χ0n) is 10.9. The molecule has 1 amide bonds. The molecule has 0 saturated carbocycles. The fourth-order valence-electron chi connectivity index (χ4n) is 2.45. The molecule has 1 unspecified atom stereocenters. The Morgan fingerprint density at radius 3 is 2.31 bits per heavy atom. The molecule has 2 N–H and O–H groups in total. The molecule has 0 aromatic rings. The van der Waals surface area contributed by atoms with Crippen LogP contribution in [0.4, 0.5) is 0 Å². The average Bonchev–Trinajstić information content (AvgIpc) is 2.49. The van der Waals surface area contributed by atoms with E-state index in [1.807, 2.05) is 4.90 Å². The van der Waals surface area contributed by atoms with Crippen LogP contribution in [-0.2, 0) is 4.79 Å². The van der Waals surface area contributed by atoms with E-state index >= 15 is 0 Å². The van der Waals surface area contributed by atoms with E-state index in [4.69, 9.17) is 5.73 Å². The van der Waals surface area contributed by atoms with Crippen molar-refractivity contribution >= 4 is 5.91 Å². The Bertz CT molecular complexity index is 232. The summed E-state index contributed by atoms with van der Waals surface area (Å²) >= 11 is 0. The quantitative estimate of drug-likeness (QED) is 0.768. The molecule has 1 saturated heterocycles. The van der Waals surface area contributed by atoms with Gasteiger partial charge in [0, 0.05) is 31.2 Å². The third-order valence-corrected chi connectivity index (χ3v) is 3.07. The van der Waals surface area contributed by atoms with Crippen molar-refractivity contribution in [1.29, 1.82) is 0 Å². The molecule has 94 valence electrons. The van der Waals surface area contributed by atoms with Gasteiger partial charge in [0.25, 0.3) is 0 Å². The Balaban J connectivity index is 2.49. The molecule has 1 aliphatic rings. The van der Waals surface area contributed by atoms with Gasteiger partial charge in [-0.2, -0.15) is 0 Å². The van der Waals surface area contributed by atoms with Crippen LogP contribution in [0.2, 0.25) is 0 Å². The fourth-order valence-corrected chi connectivity index (χ4v) is 2.45. The van der Waals surface area contributed by atoms with Crippen LogP contribution >= 0.6 is 0 Å². The monoisotopic (exact) mass is 227 g/mol. The molecular weight excluding hydrogens is 202 g/mol. The number of carbonyl (C=O) groups excluding carboxylic acids is 1. The molecule has 0 aromatic carbocycles. The number of hydrogen-bond donors (Lipinski definition) is 1. The standard InChI is InChI=1S/C12H25N3O/c1-9(2)15(10(3)4)12(16)8-14-6-5-11(13)7-14/h9-11H,5-8,13H2,1-4H3. The molecule has 0 aromatic heterocycles. The molecule has 0 bridgehead atoms. The van der Waals surface area contributed by atoms with E-state index in [0.717, 1.165) is 19.5 Å². The molecule has 16 heavy (non-hydrogen) atoms. The Morgan fingerprint density at radius 2 is 1.94 bits per heavy atom. The lowest BCUT2D eigenvalue weighted by molar-refractivity contribution is -0.135. The van der Waals surface area contributed by atoms with Crippen molar-refractivity contribution in [2.45, 2.75) is 52.2 Å². The first-order chi connectivity index (χ1) is 7.41. The van der Waals surface area contributed by atoms with Crippen LogP contribution in [-0.4, -0.2) is 53.5 Å². The van der Waals surface area contributed by atoms with Crippen molar-refractivity contribution in [2.75, 3.05) is 19.6 Å². The highest BCUT2D eigenvalue weighted by Crippen LogP contribution is 2.10. The van der Waals surface area contributed by atoms with Crippen molar-refractivity contribution in [3.63, 3.8) is 0 Å². The lowest BCUT2D eigenvalue weighted by Gasteiger charge is -2.32. The van der Waals surface area contributed by atoms with Crippen LogP contribution in [0.1, 0.15) is 34.1 Å². The average molecular weight is 227 g/mol. The summed E-state index contributed by atoms with van der Waals surface area (Å²) in [6.45, 7) is 10.6. The molecule has 1 heterocycles. The molecule has 1 atom stereocenters. The molecule has 4 nitrogen and oxygen atoms in total. The molecule has 0 spiro atoms. The van der Waals surface area contributed by atoms with Crippen molar-refractivity contribution in [2.24, 2.45) is 5.73 Å². The summed E-state index contributed by atoms with van der Waals surface area (Å²) in [5, 5.41) is 0. The van der Waals surface area contributed by atoms with E-state index in [1.54, 1.807) is 0 Å². The summed E-state index contributed by atoms with van der Waals surface area (Å²) in [6.07, 6.45) is 1.01. The molecule has 1 rings (SSSR count). The van der Waals surface area contributed by atoms with Crippen LogP contribution in [0.5, 0.6) is 0 Å². The lowest BCUT2D eigenvalue weighted by atomic mass is 10.2. The number of carbonyl (C=O) groups is 1. The topological polar surface area (TPSA) is 49.6 Å². The van der Waals surface area contributed by atoms with Crippen LogP contribution < -0.4 is 5.73 Å². The normalized spacial score (nSPS) is 22.1. The maximum atomic E-state index is 12.1. The predicted octanol–water partition coefficient (Wildman–Crippen LogP) is 0.665. The van der Waals surface area contributed by atoms with E-state index in [1.165, 1.54) is 0 Å². The predicted molar refractivity (Wildman–Crippen MR) is 66.2 cm³/mol. The van der Waals surface area contributed by atoms with Crippen LogP contribution in [0, 0.1) is 0 Å². The molecule has 1 fully saturated rings. The second kappa shape index (κ2) is 5.64. The maximum absolute atomic E-state index is 12.1. The van der Waals surface area contributed by atoms with Gasteiger partial charge in [0.2, 0.25) is 5.91 Å². The molecule has 4 heteroatoms. The first-order valence-corrected chi connectivity index (χ1v) is 6.21. The fraction of sp³-hybridized carbons (Fsp3) is 0.917. The zero-order valence-corrected chi connectivity index (χ0v) is 10.9. The molecule has 0 radical (unpaired) electrons. The van der Waals surface area contributed by atoms with Crippen LogP contribution in [0.25, 0.3) is 0 Å². The number of rotatable bonds is 4. The largest absolute Gasteiger partial charge is 0.337 e. The second-order valence-electron chi connectivity index (χ2n) is 5.27. The zero-order chi connectivity index (χ0) is 12.3. The van der Waals surface area contributed by atoms with E-state index in [9.17, 15) is 4.79 Å². The van der Waals surface area contributed by atoms with Crippen molar-refractivity contribution in [3.05, 3.63) is 0 Å². The minimum atomic E-state index is 0.221. The number of likely N-dealkylation sites (tertiary alicyclic amines) is 1. The van der Waals surface area contributed by atoms with E-state index < -0.39 is 0 Å². The van der Waals surface area contributed by atoms with E-state index in [-0.39, 0.29) is 24.0 Å². The van der Waals surface area contributed by atoms with Gasteiger partial charge in [0.15, 0.2) is 0 Å². The van der Waals surface area contributed by atoms with Crippen molar-refractivity contribution in [1.82, 2.24) is 9.80 Å². The number of amides is 1. The summed E-state index contributed by atoms with van der Waals surface area (Å²) in [6, 6.07) is 0.784. The number of nitrogens with two attached hydrogens (primary N) is 1. The van der Waals surface area contributed by atoms with Gasteiger partial charge in [-0.25, -0.2) is 0 Å². The van der Waals surface area contributed by atoms with Gasteiger partial charge in [-0.3, -0.25) is 9.69 Å². The highest BCUT2D eigenvalue weighted by atomic mass is 16.2. The van der Waals surface area contributed by atoms with Gasteiger partial charge < -0.3 is 10.6 Å². The van der Waals surface area contributed by atoms with E-state index in [0.29, 0.717) is 6.54 Å². The maximum Gasteiger partial charge on any atom is 0.237 e. The first-order valence-electron chi connectivity index (χ1n) is 6.21. The Hall–Kier alpha value is -0.610. The Kier molecular flexibility index (Phi) is 4.74. The molecule has 0 aliphatic carbocycles. The summed E-state index contributed by atoms with van der Waals surface area (Å²) in [5.41, 5.74) is 5.83. The third kappa shape index (κ3) is 3.46. The third-order valence-electron chi connectivity index (χ3n) is 3.07. The highest BCUT2D eigenvalue weighted by Gasteiger charge is 2.25. The van der Waals surface area contributed by atoms with Crippen molar-refractivity contribution < 1.29 is 4.79 Å². The Labute approximate surface area is 98.8 Å². The summed E-state index contributed by atoms with van der Waals surface area (Å²) in [5.74, 6) is 0.221. The van der Waals surface area contributed by atoms with Crippen LogP contribution in [0.15, 0.2) is 0 Å². The SMILES string of the molecule is CC(C)N(C(=O)CN1CCC(N)C1)C(C)C. The highest BCUT2D eigenvalue weighted by molar-refractivity contribution is 5.78. The Morgan fingerprint density at radius 1 is 1.38 bits per heavy atom. The smallest absolute Gasteiger partial charge is 0.237 e. The van der Waals surface area contributed by atoms with E-state index in [2.05, 4.69) is 32.6 Å². The van der Waals surface area contributed by atoms with Gasteiger partial charge in [0.1, 0.15) is 0 Å². The second-order valence-corrected chi connectivity index (χ2v) is 5.27. The van der Waals surface area contributed by atoms with Crippen LogP contribution in [0.3, 0.4) is 0 Å². The van der Waals surface area contributed by atoms with Gasteiger partial charge in [0.05, 0.1) is 6.54 Å². The summed E-state index contributed by atoms with van der Waals surface area (Å²) in [4.78, 5) is 16.2. The summed E-state index contributed by atoms with van der Waals surface area (Å²) < 4.78 is 0. The lowest BCUT2D eigenvalue weighted by Crippen LogP contribution is -2.47. The van der Waals surface area contributed by atoms with Gasteiger partial charge >= 0.3 is 0 Å². The minimum Gasteiger partial charge on any atom is -0.337 e. The summed E-state index contributed by atoms with van der Waals surface area (Å²) in [7, 11) is 0. The number of hydrogen-bond acceptors (Lipinski definition) is 3. The van der Waals surface area contributed by atoms with Crippen molar-refractivity contribution in [3.8, 4) is 0 Å². The molecular formula is C12H25N3O. The molecule has 1 aliphatic heterocycles. The van der Waals surface area contributed by atoms with Gasteiger partial charge in [-0.05, 0) is 34.1 Å². The number of nitrogens with zero attached hydrogens (tertiary/aromatic N) is 2. The van der Waals surface area contributed by atoms with Gasteiger partial charge in [-0.1, -0.05) is 0 Å². The van der Waals surface area contributed by atoms with Gasteiger partial charge in [-0.15, -0.1) is 0 Å². The minimum absolute atomic E-state index is 0.221. The first kappa shape index (κ1) is 13.5.